The largest absolute Gasteiger partial charge is 0.642 e. The molecule has 25 heavy (non-hydrogen) atoms. The summed E-state index contributed by atoms with van der Waals surface area (Å²) in [5.41, 5.74) is 7.04. The summed E-state index contributed by atoms with van der Waals surface area (Å²) in [5, 5.41) is 0. The molecule has 0 N–H and O–H groups in total. The van der Waals surface area contributed by atoms with Gasteiger partial charge in [-0.25, -0.2) is 0 Å². The number of hydrogen-bond donors (Lipinski definition) is 0. The van der Waals surface area contributed by atoms with Gasteiger partial charge in [0, 0.05) is 25.0 Å². The fourth-order valence-corrected chi connectivity index (χ4v) is 3.65. The maximum Gasteiger partial charge on any atom is 0.642 e. The highest BCUT2D eigenvalue weighted by Crippen LogP contribution is 2.09. The molecule has 0 amide bonds. The Morgan fingerprint density at radius 2 is 1.08 bits per heavy atom. The Kier molecular flexibility index (Phi) is 6.17. The van der Waals surface area contributed by atoms with Gasteiger partial charge >= 0.3 is 8.56 Å². The first kappa shape index (κ1) is 18.1. The van der Waals surface area contributed by atoms with E-state index in [1.54, 1.807) is 24.3 Å². The first-order valence-corrected chi connectivity index (χ1v) is 9.36. The van der Waals surface area contributed by atoms with Gasteiger partial charge in [0.25, 0.3) is 11.9 Å². The van der Waals surface area contributed by atoms with Crippen LogP contribution in [0.4, 0.5) is 0 Å². The van der Waals surface area contributed by atoms with E-state index >= 15 is 0 Å². The zero-order valence-corrected chi connectivity index (χ0v) is 14.9. The smallest absolute Gasteiger partial charge is 0.467 e. The average molecular weight is 348 g/mol. The summed E-state index contributed by atoms with van der Waals surface area (Å²) in [5.74, 6) is 4.58. The van der Waals surface area contributed by atoms with Crippen LogP contribution in [0.25, 0.3) is 0 Å². The van der Waals surface area contributed by atoms with Crippen LogP contribution < -0.4 is 0 Å². The van der Waals surface area contributed by atoms with Gasteiger partial charge in [0.05, 0.1) is 0 Å². The molecule has 4 nitrogen and oxygen atoms in total. The Hall–Kier alpha value is -3.28. The molecule has 0 aromatic heterocycles. The molecular formula is C20H16O4Si. The van der Waals surface area contributed by atoms with Gasteiger partial charge in [-0.2, -0.15) is 0 Å². The van der Waals surface area contributed by atoms with Crippen molar-refractivity contribution in [2.24, 2.45) is 0 Å². The van der Waals surface area contributed by atoms with Crippen LogP contribution in [0.1, 0.15) is 25.0 Å². The quantitative estimate of drug-likeness (QED) is 0.619. The third kappa shape index (κ3) is 6.02. The predicted molar refractivity (Wildman–Crippen MR) is 95.9 cm³/mol. The number of rotatable bonds is 2. The molecule has 0 aliphatic rings. The Bertz CT molecular complexity index is 792. The van der Waals surface area contributed by atoms with Crippen molar-refractivity contribution < 1.29 is 18.4 Å². The molecule has 0 spiro atoms. The second-order valence-corrected chi connectivity index (χ2v) is 7.18. The van der Waals surface area contributed by atoms with Crippen LogP contribution in [0, 0.1) is 22.9 Å². The Morgan fingerprint density at radius 1 is 0.720 bits per heavy atom. The molecule has 0 unspecified atom stereocenters. The molecular weight excluding hydrogens is 332 g/mol. The minimum absolute atomic E-state index is 0.599. The van der Waals surface area contributed by atoms with Crippen molar-refractivity contribution in [3.63, 3.8) is 0 Å². The van der Waals surface area contributed by atoms with Crippen LogP contribution in [0.2, 0.25) is 0 Å². The van der Waals surface area contributed by atoms with E-state index in [9.17, 15) is 9.59 Å². The fourth-order valence-electron chi connectivity index (χ4n) is 1.91. The maximum absolute atomic E-state index is 11.5. The summed E-state index contributed by atoms with van der Waals surface area (Å²) >= 11 is 0. The van der Waals surface area contributed by atoms with E-state index in [0.717, 1.165) is 0 Å². The highest BCUT2D eigenvalue weighted by Gasteiger charge is 2.43. The number of benzene rings is 2. The van der Waals surface area contributed by atoms with Crippen LogP contribution in [0.5, 0.6) is 0 Å². The fraction of sp³-hybridized carbons (Fsp3) is 0.100. The van der Waals surface area contributed by atoms with Crippen LogP contribution in [0.15, 0.2) is 60.7 Å². The van der Waals surface area contributed by atoms with Crippen LogP contribution in [0.3, 0.4) is 0 Å². The second kappa shape index (κ2) is 8.54. The van der Waals surface area contributed by atoms with Gasteiger partial charge < -0.3 is 8.85 Å². The van der Waals surface area contributed by atoms with E-state index < -0.39 is 20.5 Å². The highest BCUT2D eigenvalue weighted by molar-refractivity contribution is 6.85. The Labute approximate surface area is 148 Å². The lowest BCUT2D eigenvalue weighted by atomic mass is 10.2. The van der Waals surface area contributed by atoms with Crippen LogP contribution >= 0.6 is 0 Å². The summed E-state index contributed by atoms with van der Waals surface area (Å²) in [7, 11) is -3.71. The van der Waals surface area contributed by atoms with E-state index in [0.29, 0.717) is 11.1 Å². The Balaban J connectivity index is 2.48. The lowest BCUT2D eigenvalue weighted by Crippen LogP contribution is -2.43. The molecule has 0 saturated carbocycles. The highest BCUT2D eigenvalue weighted by atomic mass is 28.4. The van der Waals surface area contributed by atoms with Crippen molar-refractivity contribution in [3.8, 4) is 22.9 Å². The number of hydrogen-bond acceptors (Lipinski definition) is 4. The van der Waals surface area contributed by atoms with Gasteiger partial charge in [0.1, 0.15) is 0 Å². The monoisotopic (exact) mass is 348 g/mol. The standard InChI is InChI=1S/C20H16O4Si/c1-17(21)23-25(24-18(2)22,15-13-19-9-5-3-6-10-19)16-14-20-11-7-4-8-12-20/h3-12H,1-2H3. The SMILES string of the molecule is CC(=O)O[Si](C#Cc1ccccc1)(C#Cc1ccccc1)OC(C)=O. The first-order valence-electron chi connectivity index (χ1n) is 7.55. The second-order valence-electron chi connectivity index (χ2n) is 5.04. The Morgan fingerprint density at radius 3 is 1.40 bits per heavy atom. The van der Waals surface area contributed by atoms with E-state index in [-0.39, 0.29) is 0 Å². The average Bonchev–Trinajstić information content (AvgIpc) is 2.59. The van der Waals surface area contributed by atoms with Crippen molar-refractivity contribution in [1.82, 2.24) is 0 Å². The third-order valence-corrected chi connectivity index (χ3v) is 4.92. The molecule has 0 saturated heterocycles. The molecule has 0 fully saturated rings. The van der Waals surface area contributed by atoms with Crippen molar-refractivity contribution in [1.29, 1.82) is 0 Å². The van der Waals surface area contributed by atoms with Gasteiger partial charge in [-0.05, 0) is 35.4 Å². The van der Waals surface area contributed by atoms with Gasteiger partial charge in [-0.15, -0.1) is 0 Å². The lowest BCUT2D eigenvalue weighted by molar-refractivity contribution is -0.137. The molecule has 0 atom stereocenters. The van der Waals surface area contributed by atoms with E-state index in [1.807, 2.05) is 36.4 Å². The molecule has 2 aromatic rings. The molecule has 0 radical (unpaired) electrons. The first-order chi connectivity index (χ1) is 12.0. The van der Waals surface area contributed by atoms with Crippen LogP contribution in [-0.2, 0) is 18.4 Å². The van der Waals surface area contributed by atoms with Crippen LogP contribution in [-0.4, -0.2) is 20.5 Å². The van der Waals surface area contributed by atoms with Crippen molar-refractivity contribution in [3.05, 3.63) is 71.8 Å². The zero-order chi connectivity index (χ0) is 18.1. The molecule has 124 valence electrons. The predicted octanol–water partition coefficient (Wildman–Crippen LogP) is 2.74. The van der Waals surface area contributed by atoms with E-state index in [4.69, 9.17) is 8.85 Å². The van der Waals surface area contributed by atoms with Crippen molar-refractivity contribution >= 4 is 20.5 Å². The summed E-state index contributed by atoms with van der Waals surface area (Å²) in [6.45, 7) is 2.47. The van der Waals surface area contributed by atoms with Crippen molar-refractivity contribution in [2.75, 3.05) is 0 Å². The zero-order valence-electron chi connectivity index (χ0n) is 13.9. The normalized spacial score (nSPS) is 9.68. The molecule has 0 aliphatic heterocycles. The molecule has 2 aromatic carbocycles. The number of carbonyl (C=O) groups excluding carboxylic acids is 2. The molecule has 0 bridgehead atoms. The minimum atomic E-state index is -3.71. The van der Waals surface area contributed by atoms with E-state index in [2.05, 4.69) is 22.9 Å². The summed E-state index contributed by atoms with van der Waals surface area (Å²) in [6, 6.07) is 18.3. The summed E-state index contributed by atoms with van der Waals surface area (Å²) < 4.78 is 10.6. The van der Waals surface area contributed by atoms with E-state index in [1.165, 1.54) is 13.8 Å². The topological polar surface area (TPSA) is 52.6 Å². The third-order valence-electron chi connectivity index (χ3n) is 2.87. The minimum Gasteiger partial charge on any atom is -0.467 e. The van der Waals surface area contributed by atoms with Gasteiger partial charge in [0.15, 0.2) is 0 Å². The summed E-state index contributed by atoms with van der Waals surface area (Å²) in [6.07, 6.45) is 0. The van der Waals surface area contributed by atoms with Gasteiger partial charge in [-0.1, -0.05) is 48.2 Å². The molecule has 0 aliphatic carbocycles. The molecule has 2 rings (SSSR count). The van der Waals surface area contributed by atoms with Gasteiger partial charge in [-0.3, -0.25) is 9.59 Å². The number of carbonyl (C=O) groups is 2. The summed E-state index contributed by atoms with van der Waals surface area (Å²) in [4.78, 5) is 23.1. The van der Waals surface area contributed by atoms with Gasteiger partial charge in [0.2, 0.25) is 0 Å². The lowest BCUT2D eigenvalue weighted by Gasteiger charge is -2.17. The maximum atomic E-state index is 11.5. The molecule has 0 heterocycles. The van der Waals surface area contributed by atoms with Crippen molar-refractivity contribution in [2.45, 2.75) is 13.8 Å². The molecule has 5 heteroatoms.